The van der Waals surface area contributed by atoms with Gasteiger partial charge in [-0.2, -0.15) is 0 Å². The standard InChI is InChI=1S/C25H26BrNO5/c1-5-31-24(28)20-14-27(18-10-7-16(3)8-11-18)15-21(25(29)32-6-2)23(20)19-13-17(26)9-12-22(19)30-4/h7-15,23H,5-6H2,1-4H3. The van der Waals surface area contributed by atoms with Crippen LogP contribution in [0.25, 0.3) is 0 Å². The lowest BCUT2D eigenvalue weighted by Crippen LogP contribution is -2.29. The number of esters is 2. The first-order valence-electron chi connectivity index (χ1n) is 10.4. The van der Waals surface area contributed by atoms with Crippen LogP contribution in [0.3, 0.4) is 0 Å². The number of ether oxygens (including phenoxy) is 3. The van der Waals surface area contributed by atoms with Crippen molar-refractivity contribution in [2.24, 2.45) is 0 Å². The number of carbonyl (C=O) groups is 2. The van der Waals surface area contributed by atoms with Crippen molar-refractivity contribution in [3.8, 4) is 5.75 Å². The van der Waals surface area contributed by atoms with E-state index in [4.69, 9.17) is 14.2 Å². The minimum atomic E-state index is -0.720. The SMILES string of the molecule is CCOC(=O)C1=CN(c2ccc(C)cc2)C=C(C(=O)OCC)C1c1cc(Br)ccc1OC. The van der Waals surface area contributed by atoms with Crippen molar-refractivity contribution in [1.82, 2.24) is 0 Å². The topological polar surface area (TPSA) is 65.1 Å². The molecular weight excluding hydrogens is 474 g/mol. The summed E-state index contributed by atoms with van der Waals surface area (Å²) >= 11 is 3.49. The zero-order valence-electron chi connectivity index (χ0n) is 18.6. The minimum Gasteiger partial charge on any atom is -0.496 e. The molecule has 0 N–H and O–H groups in total. The maximum Gasteiger partial charge on any atom is 0.336 e. The van der Waals surface area contributed by atoms with Crippen molar-refractivity contribution in [1.29, 1.82) is 0 Å². The van der Waals surface area contributed by atoms with Gasteiger partial charge in [0.15, 0.2) is 0 Å². The first-order valence-corrected chi connectivity index (χ1v) is 11.1. The Kier molecular flexibility index (Phi) is 7.75. The number of rotatable bonds is 7. The molecular formula is C25H26BrNO5. The maximum atomic E-state index is 13.1. The molecule has 7 heteroatoms. The number of methoxy groups -OCH3 is 1. The number of hydrogen-bond donors (Lipinski definition) is 0. The average Bonchev–Trinajstić information content (AvgIpc) is 2.79. The number of halogens is 1. The van der Waals surface area contributed by atoms with Gasteiger partial charge >= 0.3 is 11.9 Å². The molecule has 2 aromatic carbocycles. The molecule has 168 valence electrons. The first kappa shape index (κ1) is 23.6. The van der Waals surface area contributed by atoms with E-state index in [2.05, 4.69) is 15.9 Å². The number of hydrogen-bond acceptors (Lipinski definition) is 6. The molecule has 0 spiro atoms. The number of carbonyl (C=O) groups excluding carboxylic acids is 2. The van der Waals surface area contributed by atoms with Gasteiger partial charge in [0.2, 0.25) is 0 Å². The molecule has 1 aliphatic heterocycles. The molecule has 2 aromatic rings. The Hall–Kier alpha value is -3.06. The molecule has 1 aliphatic rings. The second-order valence-corrected chi connectivity index (χ2v) is 8.09. The van der Waals surface area contributed by atoms with Crippen LogP contribution in [0.4, 0.5) is 5.69 Å². The van der Waals surface area contributed by atoms with Crippen molar-refractivity contribution in [3.63, 3.8) is 0 Å². The molecule has 3 rings (SSSR count). The smallest absolute Gasteiger partial charge is 0.336 e. The summed E-state index contributed by atoms with van der Waals surface area (Å²) in [5.41, 5.74) is 3.19. The van der Waals surface area contributed by atoms with Gasteiger partial charge < -0.3 is 19.1 Å². The molecule has 0 fully saturated rings. The number of benzene rings is 2. The fraction of sp³-hybridized carbons (Fsp3) is 0.280. The van der Waals surface area contributed by atoms with E-state index < -0.39 is 17.9 Å². The molecule has 0 bridgehead atoms. The lowest BCUT2D eigenvalue weighted by atomic mass is 9.82. The molecule has 0 radical (unpaired) electrons. The quantitative estimate of drug-likeness (QED) is 0.483. The van der Waals surface area contributed by atoms with E-state index in [9.17, 15) is 9.59 Å². The Balaban J connectivity index is 2.23. The molecule has 6 nitrogen and oxygen atoms in total. The molecule has 1 heterocycles. The highest BCUT2D eigenvalue weighted by Crippen LogP contribution is 2.43. The summed E-state index contributed by atoms with van der Waals surface area (Å²) in [5.74, 6) is -1.19. The summed E-state index contributed by atoms with van der Waals surface area (Å²) in [5, 5.41) is 0. The van der Waals surface area contributed by atoms with Crippen LogP contribution in [0.1, 0.15) is 30.9 Å². The second kappa shape index (κ2) is 10.5. The Bertz CT molecular complexity index is 1020. The summed E-state index contributed by atoms with van der Waals surface area (Å²) in [7, 11) is 1.55. The largest absolute Gasteiger partial charge is 0.496 e. The van der Waals surface area contributed by atoms with Crippen molar-refractivity contribution in [3.05, 3.63) is 81.6 Å². The van der Waals surface area contributed by atoms with E-state index in [0.717, 1.165) is 15.7 Å². The third kappa shape index (κ3) is 5.05. The van der Waals surface area contributed by atoms with Gasteiger partial charge in [-0.05, 0) is 51.1 Å². The Morgan fingerprint density at radius 1 is 0.938 bits per heavy atom. The predicted molar refractivity (Wildman–Crippen MR) is 127 cm³/mol. The number of aryl methyl sites for hydroxylation is 1. The number of nitrogens with zero attached hydrogens (tertiary/aromatic N) is 1. The van der Waals surface area contributed by atoms with Gasteiger partial charge in [-0.25, -0.2) is 9.59 Å². The molecule has 32 heavy (non-hydrogen) atoms. The van der Waals surface area contributed by atoms with E-state index in [1.165, 1.54) is 0 Å². The third-order valence-electron chi connectivity index (χ3n) is 5.04. The van der Waals surface area contributed by atoms with Crippen LogP contribution in [0.15, 0.2) is 70.5 Å². The Labute approximate surface area is 196 Å². The average molecular weight is 500 g/mol. The first-order chi connectivity index (χ1) is 15.4. The van der Waals surface area contributed by atoms with E-state index >= 15 is 0 Å². The van der Waals surface area contributed by atoms with Gasteiger partial charge in [-0.15, -0.1) is 0 Å². The summed E-state index contributed by atoms with van der Waals surface area (Å²) in [6, 6.07) is 13.2. The van der Waals surface area contributed by atoms with E-state index in [1.54, 1.807) is 44.3 Å². The summed E-state index contributed by atoms with van der Waals surface area (Å²) in [6.07, 6.45) is 3.41. The lowest BCUT2D eigenvalue weighted by molar-refractivity contribution is -0.139. The third-order valence-corrected chi connectivity index (χ3v) is 5.53. The summed E-state index contributed by atoms with van der Waals surface area (Å²) < 4.78 is 17.1. The van der Waals surface area contributed by atoms with Crippen LogP contribution >= 0.6 is 15.9 Å². The van der Waals surface area contributed by atoms with Crippen LogP contribution in [0, 0.1) is 6.92 Å². The molecule has 0 atom stereocenters. The molecule has 0 saturated carbocycles. The monoisotopic (exact) mass is 499 g/mol. The van der Waals surface area contributed by atoms with Crippen LogP contribution in [0.2, 0.25) is 0 Å². The van der Waals surface area contributed by atoms with E-state index in [-0.39, 0.29) is 13.2 Å². The van der Waals surface area contributed by atoms with E-state index in [0.29, 0.717) is 22.5 Å². The maximum absolute atomic E-state index is 13.1. The Morgan fingerprint density at radius 3 is 2.00 bits per heavy atom. The highest BCUT2D eigenvalue weighted by molar-refractivity contribution is 9.10. The number of anilines is 1. The molecule has 0 saturated heterocycles. The van der Waals surface area contributed by atoms with Gasteiger partial charge in [0.05, 0.1) is 37.4 Å². The minimum absolute atomic E-state index is 0.210. The molecule has 0 unspecified atom stereocenters. The van der Waals surface area contributed by atoms with Crippen LogP contribution in [-0.2, 0) is 19.1 Å². The zero-order chi connectivity index (χ0) is 23.3. The Morgan fingerprint density at radius 2 is 1.50 bits per heavy atom. The van der Waals surface area contributed by atoms with Gasteiger partial charge in [0.25, 0.3) is 0 Å². The van der Waals surface area contributed by atoms with Crippen molar-refractivity contribution < 1.29 is 23.8 Å². The highest BCUT2D eigenvalue weighted by atomic mass is 79.9. The lowest BCUT2D eigenvalue weighted by Gasteiger charge is -2.31. The van der Waals surface area contributed by atoms with Crippen LogP contribution < -0.4 is 9.64 Å². The predicted octanol–water partition coefficient (Wildman–Crippen LogP) is 5.26. The molecule has 0 aromatic heterocycles. The van der Waals surface area contributed by atoms with Gasteiger partial charge in [-0.3, -0.25) is 0 Å². The summed E-state index contributed by atoms with van der Waals surface area (Å²) in [6.45, 7) is 5.91. The van der Waals surface area contributed by atoms with Gasteiger partial charge in [0.1, 0.15) is 5.75 Å². The van der Waals surface area contributed by atoms with E-state index in [1.807, 2.05) is 43.3 Å². The van der Waals surface area contributed by atoms with Gasteiger partial charge in [-0.1, -0.05) is 33.6 Å². The molecule has 0 aliphatic carbocycles. The fourth-order valence-corrected chi connectivity index (χ4v) is 3.93. The second-order valence-electron chi connectivity index (χ2n) is 7.17. The van der Waals surface area contributed by atoms with Gasteiger partial charge in [0, 0.05) is 28.1 Å². The normalized spacial score (nSPS) is 13.8. The molecule has 0 amide bonds. The van der Waals surface area contributed by atoms with Crippen LogP contribution in [0.5, 0.6) is 5.75 Å². The van der Waals surface area contributed by atoms with Crippen molar-refractivity contribution >= 4 is 33.6 Å². The summed E-state index contributed by atoms with van der Waals surface area (Å²) in [4.78, 5) is 27.9. The highest BCUT2D eigenvalue weighted by Gasteiger charge is 2.37. The van der Waals surface area contributed by atoms with Crippen LogP contribution in [-0.4, -0.2) is 32.3 Å². The fourth-order valence-electron chi connectivity index (χ4n) is 3.56. The van der Waals surface area contributed by atoms with Crippen molar-refractivity contribution in [2.45, 2.75) is 26.7 Å². The van der Waals surface area contributed by atoms with Crippen molar-refractivity contribution in [2.75, 3.05) is 25.2 Å². The zero-order valence-corrected chi connectivity index (χ0v) is 20.1.